The van der Waals surface area contributed by atoms with Gasteiger partial charge in [-0.25, -0.2) is 0 Å². The van der Waals surface area contributed by atoms with Gasteiger partial charge in [-0.2, -0.15) is 0 Å². The molecule has 1 aromatic rings. The predicted molar refractivity (Wildman–Crippen MR) is 78.3 cm³/mol. The van der Waals surface area contributed by atoms with E-state index in [1.807, 2.05) is 12.1 Å². The van der Waals surface area contributed by atoms with E-state index in [1.165, 1.54) is 6.42 Å². The van der Waals surface area contributed by atoms with Crippen LogP contribution in [0.5, 0.6) is 5.75 Å². The van der Waals surface area contributed by atoms with Gasteiger partial charge < -0.3 is 14.6 Å². The van der Waals surface area contributed by atoms with Crippen molar-refractivity contribution < 1.29 is 14.6 Å². The number of hydrogen-bond donors (Lipinski definition) is 1. The lowest BCUT2D eigenvalue weighted by Crippen LogP contribution is -2.48. The largest absolute Gasteiger partial charge is 0.489 e. The van der Waals surface area contributed by atoms with Gasteiger partial charge in [-0.3, -0.25) is 0 Å². The Morgan fingerprint density at radius 2 is 2.25 bits per heavy atom. The second-order valence-corrected chi connectivity index (χ2v) is 6.39. The van der Waals surface area contributed by atoms with Gasteiger partial charge in [0, 0.05) is 12.8 Å². The topological polar surface area (TPSA) is 38.7 Å². The molecule has 1 aromatic carbocycles. The Bertz CT molecular complexity index is 483. The molecule has 2 unspecified atom stereocenters. The number of aliphatic hydroxyl groups excluding tert-OH is 1. The SMILES string of the molecule is CC(O)c1ccc(OC2CCOC3(CCC3)C2)c(Cl)c1. The average Bonchev–Trinajstić information content (AvgIpc) is 2.39. The maximum absolute atomic E-state index is 9.55. The summed E-state index contributed by atoms with van der Waals surface area (Å²) in [6.07, 6.45) is 5.11. The first-order valence-electron chi connectivity index (χ1n) is 7.36. The molecule has 3 rings (SSSR count). The number of ether oxygens (including phenoxy) is 2. The molecule has 1 aliphatic heterocycles. The third-order valence-electron chi connectivity index (χ3n) is 4.44. The van der Waals surface area contributed by atoms with Gasteiger partial charge in [-0.1, -0.05) is 17.7 Å². The summed E-state index contributed by atoms with van der Waals surface area (Å²) in [6.45, 7) is 2.50. The molecule has 1 N–H and O–H groups in total. The smallest absolute Gasteiger partial charge is 0.138 e. The molecule has 2 aliphatic rings. The van der Waals surface area contributed by atoms with Crippen LogP contribution in [-0.2, 0) is 4.74 Å². The van der Waals surface area contributed by atoms with E-state index in [0.717, 1.165) is 37.9 Å². The highest BCUT2D eigenvalue weighted by atomic mass is 35.5. The molecule has 2 fully saturated rings. The summed E-state index contributed by atoms with van der Waals surface area (Å²) in [6, 6.07) is 5.50. The van der Waals surface area contributed by atoms with Gasteiger partial charge >= 0.3 is 0 Å². The molecule has 1 aliphatic carbocycles. The van der Waals surface area contributed by atoms with Crippen LogP contribution in [0.15, 0.2) is 18.2 Å². The fourth-order valence-electron chi connectivity index (χ4n) is 3.06. The highest BCUT2D eigenvalue weighted by Gasteiger charge is 2.43. The van der Waals surface area contributed by atoms with Gasteiger partial charge in [0.1, 0.15) is 11.9 Å². The van der Waals surface area contributed by atoms with Crippen LogP contribution in [0.2, 0.25) is 5.02 Å². The van der Waals surface area contributed by atoms with Crippen molar-refractivity contribution in [2.75, 3.05) is 6.61 Å². The quantitative estimate of drug-likeness (QED) is 0.920. The van der Waals surface area contributed by atoms with Crippen LogP contribution in [0, 0.1) is 0 Å². The fourth-order valence-corrected chi connectivity index (χ4v) is 3.29. The maximum atomic E-state index is 9.55. The van der Waals surface area contributed by atoms with Gasteiger partial charge in [-0.15, -0.1) is 0 Å². The van der Waals surface area contributed by atoms with Crippen LogP contribution in [-0.4, -0.2) is 23.4 Å². The molecule has 0 radical (unpaired) electrons. The molecule has 20 heavy (non-hydrogen) atoms. The third kappa shape index (κ3) is 2.80. The first-order chi connectivity index (χ1) is 9.58. The number of halogens is 1. The Hall–Kier alpha value is -0.770. The molecule has 110 valence electrons. The average molecular weight is 297 g/mol. The van der Waals surface area contributed by atoms with E-state index < -0.39 is 6.10 Å². The van der Waals surface area contributed by atoms with Crippen molar-refractivity contribution in [3.05, 3.63) is 28.8 Å². The summed E-state index contributed by atoms with van der Waals surface area (Å²) in [7, 11) is 0. The lowest BCUT2D eigenvalue weighted by molar-refractivity contribution is -0.153. The second-order valence-electron chi connectivity index (χ2n) is 5.98. The molecular formula is C16H21ClO3. The zero-order chi connectivity index (χ0) is 14.2. The summed E-state index contributed by atoms with van der Waals surface area (Å²) in [5.41, 5.74) is 0.888. The van der Waals surface area contributed by atoms with Gasteiger partial charge in [0.25, 0.3) is 0 Å². The minimum absolute atomic E-state index is 0.0783. The number of benzene rings is 1. The summed E-state index contributed by atoms with van der Waals surface area (Å²) in [5, 5.41) is 10.1. The van der Waals surface area contributed by atoms with Gasteiger partial charge in [0.05, 0.1) is 23.3 Å². The fraction of sp³-hybridized carbons (Fsp3) is 0.625. The number of hydrogen-bond acceptors (Lipinski definition) is 3. The molecular weight excluding hydrogens is 276 g/mol. The zero-order valence-corrected chi connectivity index (χ0v) is 12.5. The molecule has 0 amide bonds. The highest BCUT2D eigenvalue weighted by Crippen LogP contribution is 2.43. The lowest BCUT2D eigenvalue weighted by Gasteiger charge is -2.46. The zero-order valence-electron chi connectivity index (χ0n) is 11.8. The lowest BCUT2D eigenvalue weighted by atomic mass is 9.74. The Balaban J connectivity index is 1.68. The number of aliphatic hydroxyl groups is 1. The minimum Gasteiger partial charge on any atom is -0.489 e. The first kappa shape index (κ1) is 14.2. The van der Waals surface area contributed by atoms with E-state index in [9.17, 15) is 5.11 Å². The monoisotopic (exact) mass is 296 g/mol. The predicted octanol–water partition coefficient (Wildman–Crippen LogP) is 3.87. The molecule has 1 spiro atoms. The molecule has 4 heteroatoms. The molecule has 1 heterocycles. The molecule has 1 saturated heterocycles. The van der Waals surface area contributed by atoms with Crippen molar-refractivity contribution in [2.24, 2.45) is 0 Å². The van der Waals surface area contributed by atoms with Gasteiger partial charge in [0.15, 0.2) is 0 Å². The van der Waals surface area contributed by atoms with Crippen LogP contribution in [0.25, 0.3) is 0 Å². The van der Waals surface area contributed by atoms with Crippen molar-refractivity contribution in [3.8, 4) is 5.75 Å². The van der Waals surface area contributed by atoms with Crippen LogP contribution in [0.4, 0.5) is 0 Å². The van der Waals surface area contributed by atoms with E-state index in [-0.39, 0.29) is 11.7 Å². The van der Waals surface area contributed by atoms with Crippen molar-refractivity contribution >= 4 is 11.6 Å². The summed E-state index contributed by atoms with van der Waals surface area (Å²) < 4.78 is 12.0. The number of rotatable bonds is 3. The van der Waals surface area contributed by atoms with Gasteiger partial charge in [0.2, 0.25) is 0 Å². The van der Waals surface area contributed by atoms with Crippen LogP contribution in [0.1, 0.15) is 50.7 Å². The first-order valence-corrected chi connectivity index (χ1v) is 7.74. The van der Waals surface area contributed by atoms with Crippen LogP contribution < -0.4 is 4.74 Å². The van der Waals surface area contributed by atoms with E-state index in [1.54, 1.807) is 13.0 Å². The van der Waals surface area contributed by atoms with E-state index in [4.69, 9.17) is 21.1 Å². The Labute approximate surface area is 124 Å². The molecule has 2 atom stereocenters. The molecule has 1 saturated carbocycles. The molecule has 0 bridgehead atoms. The third-order valence-corrected chi connectivity index (χ3v) is 4.74. The minimum atomic E-state index is -0.511. The Kier molecular flexibility index (Phi) is 3.93. The van der Waals surface area contributed by atoms with Crippen molar-refractivity contribution in [1.29, 1.82) is 0 Å². The molecule has 0 aromatic heterocycles. The van der Waals surface area contributed by atoms with Crippen molar-refractivity contribution in [2.45, 2.75) is 56.8 Å². The Morgan fingerprint density at radius 3 is 2.85 bits per heavy atom. The summed E-state index contributed by atoms with van der Waals surface area (Å²) in [5.74, 6) is 0.706. The van der Waals surface area contributed by atoms with Crippen LogP contribution in [0.3, 0.4) is 0 Å². The van der Waals surface area contributed by atoms with E-state index in [0.29, 0.717) is 10.8 Å². The summed E-state index contributed by atoms with van der Waals surface area (Å²) >= 11 is 6.24. The highest BCUT2D eigenvalue weighted by molar-refractivity contribution is 6.32. The molecule has 3 nitrogen and oxygen atoms in total. The standard InChI is InChI=1S/C16H21ClO3/c1-11(18)12-3-4-15(14(17)9-12)20-13-5-8-19-16(10-13)6-2-7-16/h3-4,9,11,13,18H,2,5-8,10H2,1H3. The van der Waals surface area contributed by atoms with Gasteiger partial charge in [-0.05, 0) is 43.9 Å². The normalized spacial score (nSPS) is 26.1. The van der Waals surface area contributed by atoms with Crippen LogP contribution >= 0.6 is 11.6 Å². The maximum Gasteiger partial charge on any atom is 0.138 e. The van der Waals surface area contributed by atoms with Crippen molar-refractivity contribution in [3.63, 3.8) is 0 Å². The van der Waals surface area contributed by atoms with Crippen molar-refractivity contribution in [1.82, 2.24) is 0 Å². The van der Waals surface area contributed by atoms with E-state index >= 15 is 0 Å². The summed E-state index contributed by atoms with van der Waals surface area (Å²) in [4.78, 5) is 0. The van der Waals surface area contributed by atoms with E-state index in [2.05, 4.69) is 0 Å². The second kappa shape index (κ2) is 5.55. The Morgan fingerprint density at radius 1 is 1.45 bits per heavy atom.